The van der Waals surface area contributed by atoms with Crippen molar-refractivity contribution in [1.82, 2.24) is 0 Å². The Morgan fingerprint density at radius 1 is 1.32 bits per heavy atom. The number of benzene rings is 2. The maximum absolute atomic E-state index is 13.0. The van der Waals surface area contributed by atoms with Crippen molar-refractivity contribution in [3.8, 4) is 23.8 Å². The average molecular weight is 298 g/mol. The van der Waals surface area contributed by atoms with Gasteiger partial charge in [-0.15, -0.1) is 12.3 Å². The van der Waals surface area contributed by atoms with E-state index >= 15 is 0 Å². The number of halogens is 1. The van der Waals surface area contributed by atoms with Crippen LogP contribution in [-0.4, -0.2) is 18.0 Å². The number of hydrogen-bond acceptors (Lipinski definition) is 3. The second kappa shape index (κ2) is 6.77. The normalized spacial score (nSPS) is 11.5. The molecule has 0 radical (unpaired) electrons. The number of carbonyl (C=O) groups is 1. The Bertz CT molecular complexity index is 714. The third-order valence-electron chi connectivity index (χ3n) is 3.38. The Labute approximate surface area is 128 Å². The van der Waals surface area contributed by atoms with Crippen molar-refractivity contribution < 1.29 is 19.0 Å². The van der Waals surface area contributed by atoms with Crippen LogP contribution in [0.3, 0.4) is 0 Å². The molecule has 1 atom stereocenters. The topological polar surface area (TPSA) is 46.5 Å². The third-order valence-corrected chi connectivity index (χ3v) is 3.38. The van der Waals surface area contributed by atoms with Crippen molar-refractivity contribution in [2.24, 2.45) is 0 Å². The van der Waals surface area contributed by atoms with Gasteiger partial charge in [0.05, 0.1) is 18.6 Å². The lowest BCUT2D eigenvalue weighted by Gasteiger charge is -2.15. The molecule has 0 fully saturated rings. The molecule has 3 nitrogen and oxygen atoms in total. The molecule has 2 rings (SSSR count). The van der Waals surface area contributed by atoms with E-state index in [0.717, 1.165) is 0 Å². The molecule has 0 saturated carbocycles. The van der Waals surface area contributed by atoms with E-state index < -0.39 is 5.92 Å². The zero-order chi connectivity index (χ0) is 16.1. The zero-order valence-corrected chi connectivity index (χ0v) is 12.0. The molecule has 1 N–H and O–H groups in total. The van der Waals surface area contributed by atoms with Gasteiger partial charge < -0.3 is 9.84 Å². The highest BCUT2D eigenvalue weighted by Crippen LogP contribution is 2.30. The fourth-order valence-corrected chi connectivity index (χ4v) is 2.21. The lowest BCUT2D eigenvalue weighted by Crippen LogP contribution is -2.13. The minimum Gasteiger partial charge on any atom is -0.507 e. The summed E-state index contributed by atoms with van der Waals surface area (Å²) in [5.74, 6) is 1.39. The van der Waals surface area contributed by atoms with Gasteiger partial charge in [0.25, 0.3) is 0 Å². The van der Waals surface area contributed by atoms with Gasteiger partial charge in [0.1, 0.15) is 17.3 Å². The Hall–Kier alpha value is -2.80. The maximum Gasteiger partial charge on any atom is 0.174 e. The summed E-state index contributed by atoms with van der Waals surface area (Å²) in [5, 5.41) is 9.99. The van der Waals surface area contributed by atoms with Crippen LogP contribution >= 0.6 is 0 Å². The molecule has 0 spiro atoms. The van der Waals surface area contributed by atoms with Crippen molar-refractivity contribution in [2.75, 3.05) is 7.11 Å². The monoisotopic (exact) mass is 298 g/mol. The summed E-state index contributed by atoms with van der Waals surface area (Å²) in [6.45, 7) is 0. The van der Waals surface area contributed by atoms with E-state index in [4.69, 9.17) is 11.2 Å². The molecule has 4 heteroatoms. The molecular formula is C18H15FO3. The van der Waals surface area contributed by atoms with E-state index in [1.165, 1.54) is 43.5 Å². The summed E-state index contributed by atoms with van der Waals surface area (Å²) in [6.07, 6.45) is 5.50. The summed E-state index contributed by atoms with van der Waals surface area (Å²) in [5.41, 5.74) is 0.768. The first-order valence-corrected chi connectivity index (χ1v) is 6.67. The van der Waals surface area contributed by atoms with Crippen LogP contribution in [0.2, 0.25) is 0 Å². The Morgan fingerprint density at radius 3 is 2.55 bits per heavy atom. The highest BCUT2D eigenvalue weighted by Gasteiger charge is 2.24. The molecule has 2 aromatic carbocycles. The van der Waals surface area contributed by atoms with Gasteiger partial charge in [0, 0.05) is 12.5 Å². The summed E-state index contributed by atoms with van der Waals surface area (Å²) in [7, 11) is 1.47. The van der Waals surface area contributed by atoms with Crippen LogP contribution in [0.4, 0.5) is 4.39 Å². The molecule has 22 heavy (non-hydrogen) atoms. The lowest BCUT2D eigenvalue weighted by atomic mass is 9.88. The van der Waals surface area contributed by atoms with Crippen LogP contribution in [-0.2, 0) is 0 Å². The van der Waals surface area contributed by atoms with E-state index in [2.05, 4.69) is 5.92 Å². The molecule has 0 aliphatic rings. The van der Waals surface area contributed by atoms with Crippen molar-refractivity contribution in [1.29, 1.82) is 0 Å². The van der Waals surface area contributed by atoms with Crippen molar-refractivity contribution in [3.63, 3.8) is 0 Å². The van der Waals surface area contributed by atoms with Crippen LogP contribution in [0.15, 0.2) is 42.5 Å². The predicted molar refractivity (Wildman–Crippen MR) is 81.6 cm³/mol. The standard InChI is InChI=1S/C18H15FO3/c1-3-4-15(12-5-7-13(19)8-6-12)18(21)16-10-9-14(22-2)11-17(16)20/h1,5-11,15,20H,4H2,2H3. The Morgan fingerprint density at radius 2 is 2.00 bits per heavy atom. The van der Waals surface area contributed by atoms with Gasteiger partial charge in [-0.3, -0.25) is 4.79 Å². The van der Waals surface area contributed by atoms with Gasteiger partial charge in [-0.2, -0.15) is 0 Å². The molecule has 0 heterocycles. The maximum atomic E-state index is 13.0. The summed E-state index contributed by atoms with van der Waals surface area (Å²) in [6, 6.07) is 10.0. The SMILES string of the molecule is C#CCC(C(=O)c1ccc(OC)cc1O)c1ccc(F)cc1. The van der Waals surface area contributed by atoms with Crippen molar-refractivity contribution in [2.45, 2.75) is 12.3 Å². The first-order chi connectivity index (χ1) is 10.6. The Kier molecular flexibility index (Phi) is 4.80. The number of hydrogen-bond donors (Lipinski definition) is 1. The van der Waals surface area contributed by atoms with Gasteiger partial charge >= 0.3 is 0 Å². The minimum atomic E-state index is -0.634. The number of Topliss-reactive ketones (excluding diaryl/α,β-unsaturated/α-hetero) is 1. The van der Waals surface area contributed by atoms with Gasteiger partial charge in [-0.25, -0.2) is 4.39 Å². The number of carbonyl (C=O) groups excluding carboxylic acids is 1. The van der Waals surface area contributed by atoms with E-state index in [9.17, 15) is 14.3 Å². The quantitative estimate of drug-likeness (QED) is 0.678. The summed E-state index contributed by atoms with van der Waals surface area (Å²) >= 11 is 0. The molecule has 0 amide bonds. The average Bonchev–Trinajstić information content (AvgIpc) is 2.53. The number of ketones is 1. The number of phenolic OH excluding ortho intramolecular Hbond substituents is 1. The van der Waals surface area contributed by atoms with Gasteiger partial charge in [-0.05, 0) is 29.8 Å². The Balaban J connectivity index is 2.38. The van der Waals surface area contributed by atoms with Crippen LogP contribution in [0, 0.1) is 18.2 Å². The van der Waals surface area contributed by atoms with Gasteiger partial charge in [0.15, 0.2) is 5.78 Å². The second-order valence-corrected chi connectivity index (χ2v) is 4.76. The first-order valence-electron chi connectivity index (χ1n) is 6.67. The first kappa shape index (κ1) is 15.6. The fraction of sp³-hybridized carbons (Fsp3) is 0.167. The highest BCUT2D eigenvalue weighted by molar-refractivity contribution is 6.03. The number of aromatic hydroxyl groups is 1. The smallest absolute Gasteiger partial charge is 0.174 e. The van der Waals surface area contributed by atoms with E-state index in [0.29, 0.717) is 11.3 Å². The lowest BCUT2D eigenvalue weighted by molar-refractivity contribution is 0.0958. The predicted octanol–water partition coefficient (Wildman–Crippen LogP) is 3.53. The van der Waals surface area contributed by atoms with E-state index in [1.54, 1.807) is 6.07 Å². The zero-order valence-electron chi connectivity index (χ0n) is 12.0. The van der Waals surface area contributed by atoms with Gasteiger partial charge in [-0.1, -0.05) is 12.1 Å². The van der Waals surface area contributed by atoms with Crippen molar-refractivity contribution in [3.05, 3.63) is 59.4 Å². The number of phenols is 1. The minimum absolute atomic E-state index is 0.158. The molecule has 0 aliphatic carbocycles. The van der Waals surface area contributed by atoms with Crippen LogP contribution < -0.4 is 4.74 Å². The number of rotatable bonds is 5. The molecule has 1 unspecified atom stereocenters. The van der Waals surface area contributed by atoms with Crippen LogP contribution in [0.5, 0.6) is 11.5 Å². The van der Waals surface area contributed by atoms with Crippen LogP contribution in [0.25, 0.3) is 0 Å². The molecular weight excluding hydrogens is 283 g/mol. The molecule has 0 aliphatic heterocycles. The molecule has 2 aromatic rings. The largest absolute Gasteiger partial charge is 0.507 e. The van der Waals surface area contributed by atoms with E-state index in [1.807, 2.05) is 0 Å². The van der Waals surface area contributed by atoms with Gasteiger partial charge in [0.2, 0.25) is 0 Å². The van der Waals surface area contributed by atoms with E-state index in [-0.39, 0.29) is 29.3 Å². The number of methoxy groups -OCH3 is 1. The summed E-state index contributed by atoms with van der Waals surface area (Å²) in [4.78, 5) is 12.7. The van der Waals surface area contributed by atoms with Crippen LogP contribution in [0.1, 0.15) is 28.3 Å². The highest BCUT2D eigenvalue weighted by atomic mass is 19.1. The molecule has 0 bridgehead atoms. The second-order valence-electron chi connectivity index (χ2n) is 4.76. The number of terminal acetylenes is 1. The molecule has 0 saturated heterocycles. The number of ether oxygens (including phenoxy) is 1. The van der Waals surface area contributed by atoms with Crippen molar-refractivity contribution >= 4 is 5.78 Å². The fourth-order valence-electron chi connectivity index (χ4n) is 2.21. The third kappa shape index (κ3) is 3.26. The summed E-state index contributed by atoms with van der Waals surface area (Å²) < 4.78 is 18.0. The molecule has 112 valence electrons. The molecule has 0 aromatic heterocycles.